The van der Waals surface area contributed by atoms with Gasteiger partial charge in [0.1, 0.15) is 16.8 Å². The third kappa shape index (κ3) is 3.70. The maximum absolute atomic E-state index is 13.6. The van der Waals surface area contributed by atoms with Gasteiger partial charge in [-0.2, -0.15) is 0 Å². The van der Waals surface area contributed by atoms with Crippen LogP contribution in [0.2, 0.25) is 0 Å². The number of carbonyl (C=O) groups is 4. The Morgan fingerprint density at radius 1 is 0.606 bits per heavy atom. The first kappa shape index (κ1) is 21.7. The number of fused-ring (bicyclic) bond motifs is 1. The average molecular weight is 441 g/mol. The highest BCUT2D eigenvalue weighted by atomic mass is 16.5. The summed E-state index contributed by atoms with van der Waals surface area (Å²) in [6.45, 7) is 0. The molecule has 0 aliphatic heterocycles. The molecule has 4 rings (SSSR count). The van der Waals surface area contributed by atoms with E-state index in [1.54, 1.807) is 72.8 Å². The van der Waals surface area contributed by atoms with Crippen molar-refractivity contribution in [2.45, 2.75) is 0 Å². The van der Waals surface area contributed by atoms with Gasteiger partial charge in [-0.3, -0.25) is 9.59 Å². The fraction of sp³-hybridized carbons (Fsp3) is 0.0769. The van der Waals surface area contributed by atoms with Gasteiger partial charge in [-0.05, 0) is 12.1 Å². The van der Waals surface area contributed by atoms with Crippen LogP contribution in [-0.4, -0.2) is 42.1 Å². The maximum Gasteiger partial charge on any atom is 0.341 e. The number of esters is 2. The molecule has 2 aromatic carbocycles. The molecule has 0 N–H and O–H groups in total. The van der Waals surface area contributed by atoms with E-state index in [4.69, 9.17) is 9.47 Å². The number of pyridine rings is 1. The lowest BCUT2D eigenvalue weighted by atomic mass is 10.0. The van der Waals surface area contributed by atoms with Crippen LogP contribution in [0.4, 0.5) is 0 Å². The number of hydrogen-bond donors (Lipinski definition) is 0. The second kappa shape index (κ2) is 8.92. The van der Waals surface area contributed by atoms with E-state index in [9.17, 15) is 19.2 Å². The molecule has 7 heteroatoms. The average Bonchev–Trinajstić information content (AvgIpc) is 3.23. The maximum atomic E-state index is 13.6. The SMILES string of the molecule is COC(=O)c1c(C(=O)OC)c2cccc(C(=O)c3ccccc3)n2c1C(=O)c1ccccc1. The molecule has 0 bridgehead atoms. The molecule has 164 valence electrons. The van der Waals surface area contributed by atoms with E-state index in [1.807, 2.05) is 0 Å². The Balaban J connectivity index is 2.14. The van der Waals surface area contributed by atoms with E-state index in [0.717, 1.165) is 7.11 Å². The van der Waals surface area contributed by atoms with Gasteiger partial charge in [0.2, 0.25) is 11.6 Å². The van der Waals surface area contributed by atoms with Gasteiger partial charge < -0.3 is 13.9 Å². The van der Waals surface area contributed by atoms with Crippen LogP contribution in [0.3, 0.4) is 0 Å². The topological polar surface area (TPSA) is 91.2 Å². The third-order valence-electron chi connectivity index (χ3n) is 5.26. The molecule has 2 aromatic heterocycles. The van der Waals surface area contributed by atoms with Crippen LogP contribution in [0.5, 0.6) is 0 Å². The van der Waals surface area contributed by atoms with E-state index in [0.29, 0.717) is 5.56 Å². The lowest BCUT2D eigenvalue weighted by molar-refractivity contribution is 0.0556. The minimum Gasteiger partial charge on any atom is -0.465 e. The van der Waals surface area contributed by atoms with Crippen LogP contribution < -0.4 is 0 Å². The van der Waals surface area contributed by atoms with Crippen molar-refractivity contribution >= 4 is 29.0 Å². The monoisotopic (exact) mass is 441 g/mol. The summed E-state index contributed by atoms with van der Waals surface area (Å²) in [5.74, 6) is -2.65. The predicted octanol–water partition coefficient (Wildman–Crippen LogP) is 3.97. The Morgan fingerprint density at radius 2 is 1.12 bits per heavy atom. The van der Waals surface area contributed by atoms with Gasteiger partial charge in [-0.15, -0.1) is 0 Å². The molecule has 0 aliphatic rings. The van der Waals surface area contributed by atoms with Crippen LogP contribution in [0, 0.1) is 0 Å². The highest BCUT2D eigenvalue weighted by Crippen LogP contribution is 2.30. The first-order valence-electron chi connectivity index (χ1n) is 10.0. The van der Waals surface area contributed by atoms with Crippen LogP contribution >= 0.6 is 0 Å². The Labute approximate surface area is 189 Å². The minimum absolute atomic E-state index is 0.110. The highest BCUT2D eigenvalue weighted by molar-refractivity contribution is 6.21. The van der Waals surface area contributed by atoms with Crippen molar-refractivity contribution in [1.82, 2.24) is 4.40 Å². The third-order valence-corrected chi connectivity index (χ3v) is 5.26. The molecule has 0 amide bonds. The molecule has 4 aromatic rings. The second-order valence-corrected chi connectivity index (χ2v) is 7.10. The van der Waals surface area contributed by atoms with E-state index in [2.05, 4.69) is 0 Å². The van der Waals surface area contributed by atoms with Crippen molar-refractivity contribution in [2.75, 3.05) is 14.2 Å². The van der Waals surface area contributed by atoms with Crippen LogP contribution in [0.25, 0.3) is 5.52 Å². The fourth-order valence-corrected chi connectivity index (χ4v) is 3.77. The van der Waals surface area contributed by atoms with Crippen LogP contribution in [-0.2, 0) is 9.47 Å². The van der Waals surface area contributed by atoms with Crippen molar-refractivity contribution in [3.8, 4) is 0 Å². The normalized spacial score (nSPS) is 10.6. The van der Waals surface area contributed by atoms with E-state index < -0.39 is 17.7 Å². The molecule has 33 heavy (non-hydrogen) atoms. The molecule has 0 atom stereocenters. The highest BCUT2D eigenvalue weighted by Gasteiger charge is 2.34. The first-order chi connectivity index (χ1) is 16.0. The predicted molar refractivity (Wildman–Crippen MR) is 120 cm³/mol. The Kier molecular flexibility index (Phi) is 5.87. The number of methoxy groups -OCH3 is 2. The molecule has 0 saturated heterocycles. The Bertz CT molecular complexity index is 1390. The molecule has 7 nitrogen and oxygen atoms in total. The lowest BCUT2D eigenvalue weighted by Gasteiger charge is -2.10. The summed E-state index contributed by atoms with van der Waals surface area (Å²) in [5.41, 5.74) is 0.402. The summed E-state index contributed by atoms with van der Waals surface area (Å²) in [6.07, 6.45) is 0. The van der Waals surface area contributed by atoms with Crippen molar-refractivity contribution < 1.29 is 28.7 Å². The summed E-state index contributed by atoms with van der Waals surface area (Å²) in [5, 5.41) is 0. The zero-order valence-corrected chi connectivity index (χ0v) is 17.9. The second-order valence-electron chi connectivity index (χ2n) is 7.10. The number of nitrogens with zero attached hydrogens (tertiary/aromatic N) is 1. The molecule has 0 spiro atoms. The van der Waals surface area contributed by atoms with Crippen LogP contribution in [0.1, 0.15) is 52.8 Å². The number of hydrogen-bond acceptors (Lipinski definition) is 6. The number of ether oxygens (including phenoxy) is 2. The van der Waals surface area contributed by atoms with Gasteiger partial charge in [0.25, 0.3) is 0 Å². The number of carbonyl (C=O) groups excluding carboxylic acids is 4. The standard InChI is InChI=1S/C26H19NO6/c1-32-25(30)20-18-14-9-15-19(23(28)16-10-5-3-6-11-16)27(18)22(21(20)26(31)33-2)24(29)17-12-7-4-8-13-17/h3-15H,1-2H3. The summed E-state index contributed by atoms with van der Waals surface area (Å²) < 4.78 is 11.2. The van der Waals surface area contributed by atoms with E-state index in [-0.39, 0.29) is 39.4 Å². The lowest BCUT2D eigenvalue weighted by Crippen LogP contribution is -2.17. The summed E-state index contributed by atoms with van der Waals surface area (Å²) >= 11 is 0. The van der Waals surface area contributed by atoms with Crippen LogP contribution in [0.15, 0.2) is 78.9 Å². The van der Waals surface area contributed by atoms with Crippen molar-refractivity contribution in [3.05, 3.63) is 113 Å². The minimum atomic E-state index is -0.892. The molecule has 0 saturated carbocycles. The molecule has 0 unspecified atom stereocenters. The summed E-state index contributed by atoms with van der Waals surface area (Å²) in [7, 11) is 2.32. The zero-order valence-electron chi connectivity index (χ0n) is 17.9. The van der Waals surface area contributed by atoms with Crippen molar-refractivity contribution in [2.24, 2.45) is 0 Å². The van der Waals surface area contributed by atoms with Gasteiger partial charge in [-0.1, -0.05) is 66.7 Å². The molecule has 0 fully saturated rings. The largest absolute Gasteiger partial charge is 0.465 e. The van der Waals surface area contributed by atoms with Gasteiger partial charge in [0.15, 0.2) is 0 Å². The summed E-state index contributed by atoms with van der Waals surface area (Å²) in [6, 6.07) is 21.4. The van der Waals surface area contributed by atoms with Crippen molar-refractivity contribution in [1.29, 1.82) is 0 Å². The van der Waals surface area contributed by atoms with Gasteiger partial charge in [-0.25, -0.2) is 9.59 Å². The fourth-order valence-electron chi connectivity index (χ4n) is 3.77. The van der Waals surface area contributed by atoms with E-state index in [1.165, 1.54) is 17.6 Å². The summed E-state index contributed by atoms with van der Waals surface area (Å²) in [4.78, 5) is 52.7. The molecule has 0 radical (unpaired) electrons. The molecular formula is C26H19NO6. The van der Waals surface area contributed by atoms with Gasteiger partial charge in [0, 0.05) is 11.1 Å². The smallest absolute Gasteiger partial charge is 0.341 e. The number of rotatable bonds is 6. The number of aromatic nitrogens is 1. The van der Waals surface area contributed by atoms with Gasteiger partial charge >= 0.3 is 11.9 Å². The first-order valence-corrected chi connectivity index (χ1v) is 10.0. The Hall–Kier alpha value is -4.52. The molecular weight excluding hydrogens is 422 g/mol. The zero-order chi connectivity index (χ0) is 23.5. The van der Waals surface area contributed by atoms with E-state index >= 15 is 0 Å². The Morgan fingerprint density at radius 3 is 1.67 bits per heavy atom. The number of ketones is 2. The van der Waals surface area contributed by atoms with Crippen molar-refractivity contribution in [3.63, 3.8) is 0 Å². The van der Waals surface area contributed by atoms with Gasteiger partial charge in [0.05, 0.1) is 25.4 Å². The molecule has 0 aliphatic carbocycles. The number of benzene rings is 2. The quantitative estimate of drug-likeness (QED) is 0.332. The molecule has 2 heterocycles.